The summed E-state index contributed by atoms with van der Waals surface area (Å²) in [6.07, 6.45) is 0. The lowest BCUT2D eigenvalue weighted by Gasteiger charge is -2.02. The number of nitrogens with zero attached hydrogens (tertiary/aromatic N) is 2. The van der Waals surface area contributed by atoms with Gasteiger partial charge in [0.05, 0.1) is 50.3 Å². The first-order valence-corrected chi connectivity index (χ1v) is 11.0. The van der Waals surface area contributed by atoms with Gasteiger partial charge in [0.2, 0.25) is 5.71 Å². The first-order chi connectivity index (χ1) is 14.8. The quantitative estimate of drug-likeness (QED) is 0.196. The van der Waals surface area contributed by atoms with E-state index in [0.29, 0.717) is 0 Å². The van der Waals surface area contributed by atoms with Crippen molar-refractivity contribution in [3.05, 3.63) is 78.9 Å². The Hall–Kier alpha value is -3.25. The number of furan rings is 1. The number of hydrogen-bond acceptors (Lipinski definition) is 1. The van der Waals surface area contributed by atoms with Gasteiger partial charge in [0.15, 0.2) is 0 Å². The molecule has 8 rings (SSSR count). The van der Waals surface area contributed by atoms with Gasteiger partial charge in [-0.3, -0.25) is 7.18 Å². The summed E-state index contributed by atoms with van der Waals surface area (Å²) in [5, 5.41) is 8.77. The summed E-state index contributed by atoms with van der Waals surface area (Å²) in [5.74, 6) is 0. The van der Waals surface area contributed by atoms with Gasteiger partial charge in [-0.2, -0.15) is 0 Å². The number of aromatic nitrogens is 2. The van der Waals surface area contributed by atoms with Crippen molar-refractivity contribution < 1.29 is 4.42 Å². The summed E-state index contributed by atoms with van der Waals surface area (Å²) in [5.41, 5.74) is 6.76. The lowest BCUT2D eigenvalue weighted by molar-refractivity contribution is 0.651. The summed E-state index contributed by atoms with van der Waals surface area (Å²) < 4.78 is 11.1. The van der Waals surface area contributed by atoms with Gasteiger partial charge in [0, 0.05) is 26.9 Å². The van der Waals surface area contributed by atoms with Crippen LogP contribution in [0.3, 0.4) is 0 Å². The van der Waals surface area contributed by atoms with Crippen molar-refractivity contribution in [1.82, 2.24) is 7.18 Å². The molecule has 0 bridgehead atoms. The molecule has 4 heteroatoms. The smallest absolute Gasteiger partial charge is 0.213 e. The van der Waals surface area contributed by atoms with Crippen molar-refractivity contribution in [1.29, 1.82) is 0 Å². The Bertz CT molecular complexity index is 1970. The van der Waals surface area contributed by atoms with Gasteiger partial charge in [0.25, 0.3) is 0 Å². The van der Waals surface area contributed by atoms with E-state index in [2.05, 4.69) is 103 Å². The fraction of sp³-hybridized carbons (Fsp3) is 0. The molecular weight excluding hydrogens is 483 g/mol. The Kier molecular flexibility index (Phi) is 2.63. The molecule has 8 aromatic rings. The Morgan fingerprint density at radius 3 is 2.23 bits per heavy atom. The van der Waals surface area contributed by atoms with Crippen LogP contribution in [-0.2, 0) is 0 Å². The van der Waals surface area contributed by atoms with E-state index in [0.717, 1.165) is 11.3 Å². The summed E-state index contributed by atoms with van der Waals surface area (Å²) >= 11 is 2.43. The van der Waals surface area contributed by atoms with E-state index >= 15 is 0 Å². The van der Waals surface area contributed by atoms with Crippen LogP contribution in [0.2, 0.25) is 0 Å². The monoisotopic (exact) mass is 496 g/mol. The highest BCUT2D eigenvalue weighted by atomic mass is 127. The molecule has 0 saturated carbocycles. The minimum absolute atomic E-state index is 0.924. The van der Waals surface area contributed by atoms with Crippen LogP contribution < -0.4 is 0 Å². The lowest BCUT2D eigenvalue weighted by atomic mass is 10.0. The van der Waals surface area contributed by atoms with Crippen LogP contribution in [0.5, 0.6) is 0 Å². The highest BCUT2D eigenvalue weighted by molar-refractivity contribution is 14.1. The molecule has 0 aliphatic heterocycles. The topological polar surface area (TPSA) is 22.5 Å². The second-order valence-corrected chi connectivity index (χ2v) is 8.93. The molecule has 0 spiro atoms. The molecule has 0 aliphatic rings. The maximum Gasteiger partial charge on any atom is 0.213 e. The van der Waals surface area contributed by atoms with E-state index in [4.69, 9.17) is 4.42 Å². The van der Waals surface area contributed by atoms with Gasteiger partial charge in [0.1, 0.15) is 5.58 Å². The van der Waals surface area contributed by atoms with Crippen molar-refractivity contribution in [2.45, 2.75) is 0 Å². The third kappa shape index (κ3) is 1.59. The zero-order chi connectivity index (χ0) is 19.6. The van der Waals surface area contributed by atoms with Crippen molar-refractivity contribution >= 4 is 93.9 Å². The van der Waals surface area contributed by atoms with Crippen LogP contribution in [0.15, 0.2) is 83.3 Å². The molecular formula is C26H13IN2O. The van der Waals surface area contributed by atoms with Crippen LogP contribution in [0, 0.1) is 0 Å². The molecule has 30 heavy (non-hydrogen) atoms. The Morgan fingerprint density at radius 2 is 1.30 bits per heavy atom. The standard InChI is InChI=1S/C26H13IN2O/c27-29-19-10-5-8-15-14-6-1-3-9-18(14)28-25-17(12-13-20(29)24(25)23(15)19)22-16-7-2-4-11-21(16)30-26(22)28/h1-13H. The molecule has 4 aromatic carbocycles. The maximum absolute atomic E-state index is 6.49. The predicted molar refractivity (Wildman–Crippen MR) is 133 cm³/mol. The van der Waals surface area contributed by atoms with E-state index in [1.54, 1.807) is 0 Å². The molecule has 0 N–H and O–H groups in total. The molecule has 3 nitrogen and oxygen atoms in total. The number of para-hydroxylation sites is 2. The molecule has 140 valence electrons. The highest BCUT2D eigenvalue weighted by Crippen LogP contribution is 2.46. The van der Waals surface area contributed by atoms with Gasteiger partial charge in [-0.1, -0.05) is 48.5 Å². The van der Waals surface area contributed by atoms with Crippen LogP contribution >= 0.6 is 22.9 Å². The van der Waals surface area contributed by atoms with E-state index in [1.807, 2.05) is 6.07 Å². The first kappa shape index (κ1) is 15.6. The Morgan fingerprint density at radius 1 is 0.567 bits per heavy atom. The van der Waals surface area contributed by atoms with E-state index in [-0.39, 0.29) is 0 Å². The van der Waals surface area contributed by atoms with Gasteiger partial charge in [-0.05, 0) is 35.7 Å². The Labute approximate surface area is 183 Å². The van der Waals surface area contributed by atoms with E-state index in [9.17, 15) is 0 Å². The molecule has 0 atom stereocenters. The number of benzene rings is 4. The normalized spacial score (nSPS) is 12.8. The number of halogens is 1. The van der Waals surface area contributed by atoms with Crippen molar-refractivity contribution in [2.24, 2.45) is 0 Å². The van der Waals surface area contributed by atoms with Gasteiger partial charge in [-0.25, -0.2) is 0 Å². The van der Waals surface area contributed by atoms with Crippen molar-refractivity contribution in [3.63, 3.8) is 0 Å². The van der Waals surface area contributed by atoms with Crippen LogP contribution in [0.1, 0.15) is 0 Å². The van der Waals surface area contributed by atoms with Gasteiger partial charge in [-0.15, -0.1) is 0 Å². The summed E-state index contributed by atoms with van der Waals surface area (Å²) in [6.45, 7) is 0. The molecule has 0 amide bonds. The minimum atomic E-state index is 0.924. The largest absolute Gasteiger partial charge is 0.439 e. The van der Waals surface area contributed by atoms with Gasteiger partial charge < -0.3 is 4.42 Å². The third-order valence-electron chi connectivity index (χ3n) is 6.58. The predicted octanol–water partition coefficient (Wildman–Crippen LogP) is 7.89. The lowest BCUT2D eigenvalue weighted by Crippen LogP contribution is -1.85. The summed E-state index contributed by atoms with van der Waals surface area (Å²) in [4.78, 5) is 0. The zero-order valence-corrected chi connectivity index (χ0v) is 17.8. The Balaban J connectivity index is 1.90. The zero-order valence-electron chi connectivity index (χ0n) is 15.7. The number of hydrogen-bond donors (Lipinski definition) is 0. The maximum atomic E-state index is 6.49. The molecule has 0 unspecified atom stereocenters. The number of fused-ring (bicyclic) bond motifs is 8. The molecule has 0 radical (unpaired) electrons. The molecule has 4 heterocycles. The van der Waals surface area contributed by atoms with E-state index in [1.165, 1.54) is 59.8 Å². The highest BCUT2D eigenvalue weighted by Gasteiger charge is 2.24. The first-order valence-electron chi connectivity index (χ1n) is 10.0. The second kappa shape index (κ2) is 5.08. The number of rotatable bonds is 0. The third-order valence-corrected chi connectivity index (χ3v) is 7.62. The fourth-order valence-electron chi connectivity index (χ4n) is 5.42. The van der Waals surface area contributed by atoms with Crippen molar-refractivity contribution in [2.75, 3.05) is 0 Å². The average molecular weight is 496 g/mol. The fourth-order valence-corrected chi connectivity index (χ4v) is 6.23. The second-order valence-electron chi connectivity index (χ2n) is 7.97. The van der Waals surface area contributed by atoms with Crippen molar-refractivity contribution in [3.8, 4) is 0 Å². The summed E-state index contributed by atoms with van der Waals surface area (Å²) in [6, 6.07) is 28.2. The van der Waals surface area contributed by atoms with E-state index < -0.39 is 0 Å². The minimum Gasteiger partial charge on any atom is -0.439 e. The van der Waals surface area contributed by atoms with Gasteiger partial charge >= 0.3 is 0 Å². The van der Waals surface area contributed by atoms with Crippen LogP contribution in [-0.4, -0.2) is 7.18 Å². The molecule has 0 fully saturated rings. The average Bonchev–Trinajstić information content (AvgIpc) is 3.38. The van der Waals surface area contributed by atoms with Crippen LogP contribution in [0.4, 0.5) is 0 Å². The van der Waals surface area contributed by atoms with Crippen LogP contribution in [0.25, 0.3) is 71.1 Å². The molecule has 0 aliphatic carbocycles. The summed E-state index contributed by atoms with van der Waals surface area (Å²) in [7, 11) is 0. The molecule has 4 aromatic heterocycles. The molecule has 0 saturated heterocycles. The SMILES string of the molecule is In1c2cccc3c4ccccc4n4c5oc6ccccc6c5c5ccc1c(c32)c54.